The van der Waals surface area contributed by atoms with E-state index < -0.39 is 0 Å². The molecular formula is C16H20N4O2. The number of para-hydroxylation sites is 1. The molecule has 1 aromatic carbocycles. The van der Waals surface area contributed by atoms with Crippen molar-refractivity contribution in [2.75, 3.05) is 30.4 Å². The average molecular weight is 300 g/mol. The van der Waals surface area contributed by atoms with Crippen molar-refractivity contribution in [3.05, 3.63) is 41.7 Å². The molecule has 22 heavy (non-hydrogen) atoms. The highest BCUT2D eigenvalue weighted by Crippen LogP contribution is 2.33. The van der Waals surface area contributed by atoms with Gasteiger partial charge in [-0.1, -0.05) is 23.4 Å². The van der Waals surface area contributed by atoms with E-state index in [1.54, 1.807) is 13.0 Å². The summed E-state index contributed by atoms with van der Waals surface area (Å²) >= 11 is 0. The number of nitrogens with zero attached hydrogens (tertiary/aromatic N) is 2. The van der Waals surface area contributed by atoms with Gasteiger partial charge in [0.2, 0.25) is 0 Å². The Morgan fingerprint density at radius 3 is 3.05 bits per heavy atom. The van der Waals surface area contributed by atoms with Gasteiger partial charge in [0.25, 0.3) is 0 Å². The van der Waals surface area contributed by atoms with Gasteiger partial charge < -0.3 is 14.7 Å². The van der Waals surface area contributed by atoms with Crippen molar-refractivity contribution < 1.29 is 9.32 Å². The first-order chi connectivity index (χ1) is 10.6. The predicted octanol–water partition coefficient (Wildman–Crippen LogP) is 2.73. The standard InChI is InChI=1S/C16H20N4O2/c1-11-9-15(19-22-11)18-16(21)17-10-12-7-8-20(2)14-6-4-3-5-13(12)14/h3-6,9,12H,7-8,10H2,1-2H3,(H2,17,18,19,21)/t12-/m1/s1. The summed E-state index contributed by atoms with van der Waals surface area (Å²) in [7, 11) is 2.10. The minimum absolute atomic E-state index is 0.260. The Labute approximate surface area is 129 Å². The Balaban J connectivity index is 1.60. The van der Waals surface area contributed by atoms with Crippen LogP contribution in [0.3, 0.4) is 0 Å². The van der Waals surface area contributed by atoms with Gasteiger partial charge in [-0.2, -0.15) is 0 Å². The van der Waals surface area contributed by atoms with E-state index in [0.29, 0.717) is 24.0 Å². The third kappa shape index (κ3) is 3.05. The minimum atomic E-state index is -0.260. The minimum Gasteiger partial charge on any atom is -0.374 e. The maximum atomic E-state index is 11.9. The van der Waals surface area contributed by atoms with Crippen LogP contribution in [0.25, 0.3) is 0 Å². The van der Waals surface area contributed by atoms with Gasteiger partial charge in [0.1, 0.15) is 5.76 Å². The lowest BCUT2D eigenvalue weighted by Gasteiger charge is -2.33. The van der Waals surface area contributed by atoms with Crippen LogP contribution in [-0.2, 0) is 0 Å². The number of amides is 2. The Morgan fingerprint density at radius 2 is 2.27 bits per heavy atom. The number of nitrogens with one attached hydrogen (secondary N) is 2. The van der Waals surface area contributed by atoms with E-state index in [9.17, 15) is 4.79 Å². The van der Waals surface area contributed by atoms with Crippen LogP contribution in [0, 0.1) is 6.92 Å². The Kier molecular flexibility index (Phi) is 4.00. The SMILES string of the molecule is Cc1cc(NC(=O)NC[C@H]2CCN(C)c3ccccc32)no1. The summed E-state index contributed by atoms with van der Waals surface area (Å²) in [4.78, 5) is 14.2. The highest BCUT2D eigenvalue weighted by molar-refractivity contribution is 5.88. The molecule has 0 unspecified atom stereocenters. The molecule has 6 nitrogen and oxygen atoms in total. The predicted molar refractivity (Wildman–Crippen MR) is 85.3 cm³/mol. The number of aromatic nitrogens is 1. The molecule has 0 saturated carbocycles. The normalized spacial score (nSPS) is 17.0. The van der Waals surface area contributed by atoms with Gasteiger partial charge in [-0.05, 0) is 25.0 Å². The highest BCUT2D eigenvalue weighted by Gasteiger charge is 2.23. The lowest BCUT2D eigenvalue weighted by atomic mass is 9.90. The van der Waals surface area contributed by atoms with E-state index >= 15 is 0 Å². The molecule has 2 amide bonds. The molecule has 1 aromatic heterocycles. The molecule has 1 atom stereocenters. The number of hydrogen-bond acceptors (Lipinski definition) is 4. The van der Waals surface area contributed by atoms with E-state index in [2.05, 4.69) is 39.9 Å². The fourth-order valence-corrected chi connectivity index (χ4v) is 2.82. The molecule has 0 saturated heterocycles. The van der Waals surface area contributed by atoms with Gasteiger partial charge >= 0.3 is 6.03 Å². The topological polar surface area (TPSA) is 70.4 Å². The molecule has 0 radical (unpaired) electrons. The molecule has 0 aliphatic carbocycles. The lowest BCUT2D eigenvalue weighted by Crippen LogP contribution is -2.36. The van der Waals surface area contributed by atoms with Gasteiger partial charge in [0.15, 0.2) is 5.82 Å². The van der Waals surface area contributed by atoms with Crippen LogP contribution in [0.2, 0.25) is 0 Å². The highest BCUT2D eigenvalue weighted by atomic mass is 16.5. The number of aryl methyl sites for hydroxylation is 1. The van der Waals surface area contributed by atoms with Crippen molar-refractivity contribution in [2.45, 2.75) is 19.3 Å². The second-order valence-corrected chi connectivity index (χ2v) is 5.62. The first kappa shape index (κ1) is 14.4. The summed E-state index contributed by atoms with van der Waals surface area (Å²) in [5.74, 6) is 1.43. The van der Waals surface area contributed by atoms with Crippen LogP contribution in [0.5, 0.6) is 0 Å². The molecular weight excluding hydrogens is 280 g/mol. The number of benzene rings is 1. The van der Waals surface area contributed by atoms with Gasteiger partial charge in [0.05, 0.1) is 0 Å². The largest absolute Gasteiger partial charge is 0.374 e. The third-order valence-electron chi connectivity index (χ3n) is 3.98. The molecule has 2 N–H and O–H groups in total. The van der Waals surface area contributed by atoms with Crippen LogP contribution in [0.15, 0.2) is 34.9 Å². The first-order valence-corrected chi connectivity index (χ1v) is 7.41. The third-order valence-corrected chi connectivity index (χ3v) is 3.98. The molecule has 1 aliphatic rings. The second-order valence-electron chi connectivity index (χ2n) is 5.62. The van der Waals surface area contributed by atoms with Crippen LogP contribution >= 0.6 is 0 Å². The van der Waals surface area contributed by atoms with Crippen molar-refractivity contribution in [1.82, 2.24) is 10.5 Å². The molecule has 1 aliphatic heterocycles. The van der Waals surface area contributed by atoms with Crippen LogP contribution in [-0.4, -0.2) is 31.3 Å². The number of carbonyl (C=O) groups excluding carboxylic acids is 1. The molecule has 0 fully saturated rings. The Morgan fingerprint density at radius 1 is 1.45 bits per heavy atom. The van der Waals surface area contributed by atoms with Crippen LogP contribution in [0.4, 0.5) is 16.3 Å². The summed E-state index contributed by atoms with van der Waals surface area (Å²) < 4.78 is 4.92. The molecule has 0 spiro atoms. The number of fused-ring (bicyclic) bond motifs is 1. The van der Waals surface area contributed by atoms with Crippen LogP contribution in [0.1, 0.15) is 23.7 Å². The molecule has 3 rings (SSSR count). The number of carbonyl (C=O) groups is 1. The molecule has 116 valence electrons. The Hall–Kier alpha value is -2.50. The number of anilines is 2. The number of hydrogen-bond donors (Lipinski definition) is 2. The fraction of sp³-hybridized carbons (Fsp3) is 0.375. The van der Waals surface area contributed by atoms with Crippen molar-refractivity contribution in [1.29, 1.82) is 0 Å². The quantitative estimate of drug-likeness (QED) is 0.914. The van der Waals surface area contributed by atoms with Gasteiger partial charge in [-0.3, -0.25) is 5.32 Å². The molecule has 0 bridgehead atoms. The van der Waals surface area contributed by atoms with E-state index in [1.807, 2.05) is 12.1 Å². The van der Waals surface area contributed by atoms with Crippen LogP contribution < -0.4 is 15.5 Å². The van der Waals surface area contributed by atoms with Crippen molar-refractivity contribution in [3.63, 3.8) is 0 Å². The zero-order valence-corrected chi connectivity index (χ0v) is 12.8. The van der Waals surface area contributed by atoms with Gasteiger partial charge in [0, 0.05) is 37.8 Å². The molecule has 2 aromatic rings. The van der Waals surface area contributed by atoms with Crippen molar-refractivity contribution in [3.8, 4) is 0 Å². The zero-order valence-electron chi connectivity index (χ0n) is 12.8. The second kappa shape index (κ2) is 6.09. The summed E-state index contributed by atoms with van der Waals surface area (Å²) in [6.07, 6.45) is 1.02. The first-order valence-electron chi connectivity index (χ1n) is 7.41. The van der Waals surface area contributed by atoms with Gasteiger partial charge in [-0.25, -0.2) is 4.79 Å². The maximum absolute atomic E-state index is 11.9. The summed E-state index contributed by atoms with van der Waals surface area (Å²) in [5.41, 5.74) is 2.53. The summed E-state index contributed by atoms with van der Waals surface area (Å²) in [5, 5.41) is 9.33. The number of rotatable bonds is 3. The monoisotopic (exact) mass is 300 g/mol. The molecule has 2 heterocycles. The van der Waals surface area contributed by atoms with E-state index in [0.717, 1.165) is 13.0 Å². The summed E-state index contributed by atoms with van der Waals surface area (Å²) in [6.45, 7) is 3.38. The van der Waals surface area contributed by atoms with E-state index in [1.165, 1.54) is 11.3 Å². The maximum Gasteiger partial charge on any atom is 0.320 e. The Bertz CT molecular complexity index is 668. The van der Waals surface area contributed by atoms with Gasteiger partial charge in [-0.15, -0.1) is 0 Å². The smallest absolute Gasteiger partial charge is 0.320 e. The fourth-order valence-electron chi connectivity index (χ4n) is 2.82. The average Bonchev–Trinajstić information content (AvgIpc) is 2.92. The lowest BCUT2D eigenvalue weighted by molar-refractivity contribution is 0.251. The zero-order chi connectivity index (χ0) is 15.5. The van der Waals surface area contributed by atoms with Crippen molar-refractivity contribution in [2.24, 2.45) is 0 Å². The van der Waals surface area contributed by atoms with Crippen molar-refractivity contribution >= 4 is 17.5 Å². The van der Waals surface area contributed by atoms with E-state index in [-0.39, 0.29) is 6.03 Å². The summed E-state index contributed by atoms with van der Waals surface area (Å²) in [6, 6.07) is 9.78. The molecule has 6 heteroatoms. The number of urea groups is 1. The van der Waals surface area contributed by atoms with E-state index in [4.69, 9.17) is 4.52 Å².